The van der Waals surface area contributed by atoms with Gasteiger partial charge in [-0.05, 0) is 42.5 Å². The number of fused-ring (bicyclic) bond motifs is 3. The molecule has 0 saturated carbocycles. The average Bonchev–Trinajstić information content (AvgIpc) is 2.46. The Morgan fingerprint density at radius 2 is 2.15 bits per heavy atom. The molecule has 2 aliphatic heterocycles. The number of aromatic nitrogens is 1. The van der Waals surface area contributed by atoms with Gasteiger partial charge in [0.1, 0.15) is 0 Å². The number of pyridine rings is 1. The first-order valence-corrected chi connectivity index (χ1v) is 8.54. The molecule has 2 bridgehead atoms. The van der Waals surface area contributed by atoms with Crippen LogP contribution in [0.5, 0.6) is 0 Å². The second-order valence-corrected chi connectivity index (χ2v) is 7.66. The molecule has 2 aromatic rings. The summed E-state index contributed by atoms with van der Waals surface area (Å²) < 4.78 is 12.3. The Balaban J connectivity index is 1.77. The van der Waals surface area contributed by atoms with Crippen molar-refractivity contribution in [2.24, 2.45) is 0 Å². The normalized spacial score (nSPS) is 29.2. The summed E-state index contributed by atoms with van der Waals surface area (Å²) in [6.07, 6.45) is 8.48. The highest BCUT2D eigenvalue weighted by molar-refractivity contribution is 7.86. The molecule has 0 spiro atoms. The van der Waals surface area contributed by atoms with E-state index in [9.17, 15) is 4.21 Å². The summed E-state index contributed by atoms with van der Waals surface area (Å²) in [5, 5.41) is 1.82. The van der Waals surface area contributed by atoms with E-state index in [1.807, 2.05) is 12.3 Å². The lowest BCUT2D eigenvalue weighted by atomic mass is 9.93. The van der Waals surface area contributed by atoms with Crippen molar-refractivity contribution in [1.29, 1.82) is 0 Å². The van der Waals surface area contributed by atoms with Crippen LogP contribution in [0.1, 0.15) is 31.2 Å². The number of nitrogens with zero attached hydrogens (tertiary/aromatic N) is 1. The van der Waals surface area contributed by atoms with E-state index in [1.165, 1.54) is 22.9 Å². The van der Waals surface area contributed by atoms with Crippen LogP contribution in [0.2, 0.25) is 0 Å². The molecule has 3 atom stereocenters. The highest BCUT2D eigenvalue weighted by atomic mass is 32.2. The van der Waals surface area contributed by atoms with Crippen LogP contribution in [0, 0.1) is 0 Å². The van der Waals surface area contributed by atoms with Gasteiger partial charge in [-0.2, -0.15) is 0 Å². The van der Waals surface area contributed by atoms with Gasteiger partial charge in [0.05, 0.1) is 10.8 Å². The molecule has 2 nitrogen and oxygen atoms in total. The minimum atomic E-state index is -0.650. The van der Waals surface area contributed by atoms with Crippen molar-refractivity contribution in [3.05, 3.63) is 48.2 Å². The first kappa shape index (κ1) is 12.3. The van der Waals surface area contributed by atoms with E-state index >= 15 is 0 Å². The first-order chi connectivity index (χ1) is 9.81. The van der Waals surface area contributed by atoms with Crippen LogP contribution in [0.25, 0.3) is 16.5 Å². The molecule has 2 aliphatic rings. The Morgan fingerprint density at radius 1 is 1.20 bits per heavy atom. The molecular weight excluding hydrogens is 266 g/mol. The second-order valence-electron chi connectivity index (χ2n) is 5.73. The summed E-state index contributed by atoms with van der Waals surface area (Å²) >= 11 is 0. The van der Waals surface area contributed by atoms with Crippen LogP contribution < -0.4 is 0 Å². The van der Waals surface area contributed by atoms with Gasteiger partial charge in [-0.15, -0.1) is 0 Å². The predicted molar refractivity (Wildman–Crippen MR) is 83.9 cm³/mol. The average molecular weight is 283 g/mol. The Labute approximate surface area is 121 Å². The fourth-order valence-electron chi connectivity index (χ4n) is 3.38. The topological polar surface area (TPSA) is 30.0 Å². The SMILES string of the molecule is O=S1C2C=C(c3ccc4cccnc4c3)CC1CCC2. The van der Waals surface area contributed by atoms with Gasteiger partial charge in [-0.3, -0.25) is 9.19 Å². The molecule has 1 aromatic heterocycles. The standard InChI is InChI=1S/C17H17NOS/c19-20-15-4-1-5-16(20)10-14(9-15)13-7-6-12-3-2-8-18-17(12)11-13/h2-3,6-9,11,15-16H,1,4-5,10H2. The fraction of sp³-hybridized carbons (Fsp3) is 0.353. The van der Waals surface area contributed by atoms with Crippen LogP contribution in [-0.2, 0) is 10.8 Å². The molecule has 0 radical (unpaired) electrons. The molecule has 3 unspecified atom stereocenters. The summed E-state index contributed by atoms with van der Waals surface area (Å²) in [6, 6.07) is 10.5. The smallest absolute Gasteiger partial charge is 0.0708 e. The Bertz CT molecular complexity index is 722. The molecule has 1 fully saturated rings. The van der Waals surface area contributed by atoms with Gasteiger partial charge in [-0.1, -0.05) is 30.7 Å². The van der Waals surface area contributed by atoms with E-state index in [0.717, 1.165) is 24.8 Å². The largest absolute Gasteiger partial charge is 0.259 e. The van der Waals surface area contributed by atoms with Crippen molar-refractivity contribution in [2.45, 2.75) is 36.2 Å². The van der Waals surface area contributed by atoms with Gasteiger partial charge < -0.3 is 0 Å². The molecular formula is C17H17NOS. The molecule has 4 rings (SSSR count). The van der Waals surface area contributed by atoms with E-state index in [1.54, 1.807) is 0 Å². The molecule has 0 amide bonds. The summed E-state index contributed by atoms with van der Waals surface area (Å²) in [4.78, 5) is 4.44. The Hall–Kier alpha value is -1.48. The number of allylic oxidation sites excluding steroid dienone is 1. The fourth-order valence-corrected chi connectivity index (χ4v) is 5.31. The molecule has 1 aromatic carbocycles. The third kappa shape index (κ3) is 2.01. The first-order valence-electron chi connectivity index (χ1n) is 7.26. The lowest BCUT2D eigenvalue weighted by molar-refractivity contribution is 0.579. The van der Waals surface area contributed by atoms with E-state index < -0.39 is 10.8 Å². The third-order valence-electron chi connectivity index (χ3n) is 4.45. The molecule has 102 valence electrons. The van der Waals surface area contributed by atoms with Crippen molar-refractivity contribution in [3.63, 3.8) is 0 Å². The third-order valence-corrected chi connectivity index (χ3v) is 6.48. The zero-order valence-electron chi connectivity index (χ0n) is 11.3. The number of rotatable bonds is 1. The van der Waals surface area contributed by atoms with E-state index in [4.69, 9.17) is 0 Å². The van der Waals surface area contributed by atoms with Crippen LogP contribution >= 0.6 is 0 Å². The number of benzene rings is 1. The summed E-state index contributed by atoms with van der Waals surface area (Å²) in [5.74, 6) is 0. The maximum absolute atomic E-state index is 12.3. The summed E-state index contributed by atoms with van der Waals surface area (Å²) in [7, 11) is -0.650. The molecule has 1 saturated heterocycles. The van der Waals surface area contributed by atoms with Gasteiger partial charge in [0, 0.05) is 27.6 Å². The maximum Gasteiger partial charge on any atom is 0.0708 e. The van der Waals surface area contributed by atoms with Gasteiger partial charge in [0.25, 0.3) is 0 Å². The minimum Gasteiger partial charge on any atom is -0.259 e. The van der Waals surface area contributed by atoms with Crippen molar-refractivity contribution < 1.29 is 4.21 Å². The lowest BCUT2D eigenvalue weighted by Gasteiger charge is -2.32. The van der Waals surface area contributed by atoms with Gasteiger partial charge in [0.15, 0.2) is 0 Å². The maximum atomic E-state index is 12.3. The van der Waals surface area contributed by atoms with Crippen LogP contribution in [0.3, 0.4) is 0 Å². The van der Waals surface area contributed by atoms with Crippen molar-refractivity contribution in [3.8, 4) is 0 Å². The molecule has 0 aliphatic carbocycles. The van der Waals surface area contributed by atoms with E-state index in [0.29, 0.717) is 5.25 Å². The Morgan fingerprint density at radius 3 is 3.05 bits per heavy atom. The highest BCUT2D eigenvalue weighted by Gasteiger charge is 2.33. The zero-order valence-corrected chi connectivity index (χ0v) is 12.1. The summed E-state index contributed by atoms with van der Waals surface area (Å²) in [5.41, 5.74) is 3.67. The Kier molecular flexibility index (Phi) is 2.95. The zero-order chi connectivity index (χ0) is 13.5. The number of hydrogen-bond acceptors (Lipinski definition) is 2. The number of hydrogen-bond donors (Lipinski definition) is 0. The van der Waals surface area contributed by atoms with E-state index in [2.05, 4.69) is 35.3 Å². The van der Waals surface area contributed by atoms with Crippen LogP contribution in [0.4, 0.5) is 0 Å². The molecule has 3 heterocycles. The highest BCUT2D eigenvalue weighted by Crippen LogP contribution is 2.37. The van der Waals surface area contributed by atoms with Gasteiger partial charge in [-0.25, -0.2) is 0 Å². The molecule has 20 heavy (non-hydrogen) atoms. The van der Waals surface area contributed by atoms with E-state index in [-0.39, 0.29) is 5.25 Å². The van der Waals surface area contributed by atoms with Crippen LogP contribution in [0.15, 0.2) is 42.6 Å². The lowest BCUT2D eigenvalue weighted by Crippen LogP contribution is -2.33. The van der Waals surface area contributed by atoms with Crippen LogP contribution in [-0.4, -0.2) is 19.7 Å². The predicted octanol–water partition coefficient (Wildman–Crippen LogP) is 3.69. The monoisotopic (exact) mass is 283 g/mol. The van der Waals surface area contributed by atoms with Crippen molar-refractivity contribution in [2.75, 3.05) is 0 Å². The quantitative estimate of drug-likeness (QED) is 0.799. The second kappa shape index (κ2) is 4.81. The van der Waals surface area contributed by atoms with Crippen molar-refractivity contribution >= 4 is 27.3 Å². The summed E-state index contributed by atoms with van der Waals surface area (Å²) in [6.45, 7) is 0. The molecule has 0 N–H and O–H groups in total. The molecule has 3 heteroatoms. The van der Waals surface area contributed by atoms with Gasteiger partial charge >= 0.3 is 0 Å². The van der Waals surface area contributed by atoms with Gasteiger partial charge in [0.2, 0.25) is 0 Å². The van der Waals surface area contributed by atoms with Crippen molar-refractivity contribution in [1.82, 2.24) is 4.98 Å². The minimum absolute atomic E-state index is 0.275.